The molecule has 130 valence electrons. The van der Waals surface area contributed by atoms with Gasteiger partial charge in [-0.1, -0.05) is 5.16 Å². The molecule has 3 aromatic rings. The maximum Gasteiger partial charge on any atom is 0.143 e. The molecular weight excluding hydrogens is 316 g/mol. The Morgan fingerprint density at radius 3 is 2.88 bits per heavy atom. The lowest BCUT2D eigenvalue weighted by molar-refractivity contribution is 0.241. The Balaban J connectivity index is 1.61. The van der Waals surface area contributed by atoms with Gasteiger partial charge >= 0.3 is 0 Å². The third-order valence-electron chi connectivity index (χ3n) is 4.77. The third-order valence-corrected chi connectivity index (χ3v) is 4.77. The van der Waals surface area contributed by atoms with Crippen LogP contribution in [-0.2, 0) is 13.6 Å². The molecule has 1 fully saturated rings. The molecule has 1 unspecified atom stereocenters. The molecule has 4 rings (SSSR count). The number of imidazole rings is 1. The fourth-order valence-corrected chi connectivity index (χ4v) is 3.62. The van der Waals surface area contributed by atoms with Gasteiger partial charge in [0.2, 0.25) is 0 Å². The molecule has 1 aliphatic heterocycles. The topological polar surface area (TPSA) is 72.9 Å². The van der Waals surface area contributed by atoms with E-state index in [1.807, 2.05) is 38.0 Å². The summed E-state index contributed by atoms with van der Waals surface area (Å²) in [4.78, 5) is 16.2. The van der Waals surface area contributed by atoms with E-state index in [0.29, 0.717) is 0 Å². The predicted octanol–water partition coefficient (Wildman–Crippen LogP) is 2.82. The van der Waals surface area contributed by atoms with Crippen molar-refractivity contribution >= 4 is 0 Å². The Morgan fingerprint density at radius 1 is 1.28 bits per heavy atom. The van der Waals surface area contributed by atoms with Crippen molar-refractivity contribution in [1.29, 1.82) is 0 Å². The maximum atomic E-state index is 5.28. The van der Waals surface area contributed by atoms with Crippen molar-refractivity contribution in [2.75, 3.05) is 6.54 Å². The highest BCUT2D eigenvalue weighted by atomic mass is 16.5. The molecule has 7 heteroatoms. The number of hydrogen-bond acceptors (Lipinski definition) is 6. The van der Waals surface area contributed by atoms with Crippen molar-refractivity contribution < 1.29 is 4.52 Å². The summed E-state index contributed by atoms with van der Waals surface area (Å²) in [6, 6.07) is 0.273. The summed E-state index contributed by atoms with van der Waals surface area (Å²) >= 11 is 0. The van der Waals surface area contributed by atoms with Crippen molar-refractivity contribution in [2.45, 2.75) is 39.3 Å². The molecule has 25 heavy (non-hydrogen) atoms. The summed E-state index contributed by atoms with van der Waals surface area (Å²) in [6.07, 6.45) is 9.83. The maximum absolute atomic E-state index is 5.28. The first-order valence-electron chi connectivity index (χ1n) is 8.58. The molecular formula is C18H22N6O. The van der Waals surface area contributed by atoms with Crippen LogP contribution in [0.1, 0.15) is 41.7 Å². The van der Waals surface area contributed by atoms with E-state index in [0.717, 1.165) is 60.0 Å². The monoisotopic (exact) mass is 338 g/mol. The lowest BCUT2D eigenvalue weighted by atomic mass is 10.1. The van der Waals surface area contributed by atoms with Crippen LogP contribution in [0.25, 0.3) is 11.3 Å². The molecule has 0 aliphatic carbocycles. The van der Waals surface area contributed by atoms with Gasteiger partial charge in [0.15, 0.2) is 0 Å². The van der Waals surface area contributed by atoms with Gasteiger partial charge in [-0.25, -0.2) is 9.97 Å². The molecule has 0 radical (unpaired) electrons. The van der Waals surface area contributed by atoms with E-state index in [2.05, 4.69) is 26.2 Å². The average molecular weight is 338 g/mol. The van der Waals surface area contributed by atoms with Gasteiger partial charge in [-0.3, -0.25) is 9.88 Å². The number of hydrogen-bond donors (Lipinski definition) is 0. The molecule has 0 aromatic carbocycles. The minimum Gasteiger partial charge on any atom is -0.361 e. The fourth-order valence-electron chi connectivity index (χ4n) is 3.62. The van der Waals surface area contributed by atoms with E-state index in [1.54, 1.807) is 6.20 Å². The average Bonchev–Trinajstić information content (AvgIpc) is 3.30. The molecule has 4 heterocycles. The number of aromatic nitrogens is 5. The number of aryl methyl sites for hydroxylation is 3. The quantitative estimate of drug-likeness (QED) is 0.728. The number of nitrogens with zero attached hydrogens (tertiary/aromatic N) is 6. The molecule has 0 bridgehead atoms. The minimum absolute atomic E-state index is 0.273. The molecule has 0 N–H and O–H groups in total. The summed E-state index contributed by atoms with van der Waals surface area (Å²) in [6.45, 7) is 5.73. The SMILES string of the molecule is Cc1noc(C)c1-c1cncc(C2CCCN2Cc2cn(C)cn2)n1. The largest absolute Gasteiger partial charge is 0.361 e. The second-order valence-electron chi connectivity index (χ2n) is 6.69. The van der Waals surface area contributed by atoms with Crippen molar-refractivity contribution in [3.8, 4) is 11.3 Å². The molecule has 0 saturated carbocycles. The summed E-state index contributed by atoms with van der Waals surface area (Å²) in [5, 5.41) is 4.03. The second-order valence-corrected chi connectivity index (χ2v) is 6.69. The molecule has 1 atom stereocenters. The normalized spacial score (nSPS) is 18.1. The summed E-state index contributed by atoms with van der Waals surface area (Å²) in [5.74, 6) is 0.778. The van der Waals surface area contributed by atoms with Crippen LogP contribution in [0.3, 0.4) is 0 Å². The highest BCUT2D eigenvalue weighted by Crippen LogP contribution is 2.33. The van der Waals surface area contributed by atoms with Crippen molar-refractivity contribution in [2.24, 2.45) is 7.05 Å². The zero-order valence-corrected chi connectivity index (χ0v) is 14.8. The Labute approximate surface area is 146 Å². The van der Waals surface area contributed by atoms with Crippen molar-refractivity contribution in [3.05, 3.63) is 47.8 Å². The highest BCUT2D eigenvalue weighted by molar-refractivity contribution is 5.62. The van der Waals surface area contributed by atoms with Crippen LogP contribution < -0.4 is 0 Å². The van der Waals surface area contributed by atoms with E-state index < -0.39 is 0 Å². The Kier molecular flexibility index (Phi) is 4.09. The number of likely N-dealkylation sites (tertiary alicyclic amines) is 1. The van der Waals surface area contributed by atoms with Gasteiger partial charge in [0.05, 0.1) is 53.1 Å². The summed E-state index contributed by atoms with van der Waals surface area (Å²) in [7, 11) is 2.00. The van der Waals surface area contributed by atoms with Crippen molar-refractivity contribution in [1.82, 2.24) is 29.6 Å². The van der Waals surface area contributed by atoms with Gasteiger partial charge in [0, 0.05) is 19.8 Å². The molecule has 0 amide bonds. The Bertz CT molecular complexity index is 864. The van der Waals surface area contributed by atoms with E-state index in [4.69, 9.17) is 9.51 Å². The first kappa shape index (κ1) is 16.0. The summed E-state index contributed by atoms with van der Waals surface area (Å²) < 4.78 is 7.26. The van der Waals surface area contributed by atoms with Gasteiger partial charge in [0.25, 0.3) is 0 Å². The minimum atomic E-state index is 0.273. The highest BCUT2D eigenvalue weighted by Gasteiger charge is 2.28. The second kappa shape index (κ2) is 6.40. The Hall–Kier alpha value is -2.54. The van der Waals surface area contributed by atoms with E-state index in [9.17, 15) is 0 Å². The van der Waals surface area contributed by atoms with Gasteiger partial charge in [-0.15, -0.1) is 0 Å². The lowest BCUT2D eigenvalue weighted by Crippen LogP contribution is -2.24. The van der Waals surface area contributed by atoms with E-state index in [-0.39, 0.29) is 6.04 Å². The first-order chi connectivity index (χ1) is 12.1. The van der Waals surface area contributed by atoms with E-state index in [1.165, 1.54) is 0 Å². The standard InChI is InChI=1S/C18H22N6O/c1-12-18(13(2)25-22-12)16-8-19-7-15(21-16)17-5-4-6-24(17)10-14-9-23(3)11-20-14/h7-9,11,17H,4-6,10H2,1-3H3. The van der Waals surface area contributed by atoms with Gasteiger partial charge in [0.1, 0.15) is 5.76 Å². The predicted molar refractivity (Wildman–Crippen MR) is 92.6 cm³/mol. The van der Waals surface area contributed by atoms with Crippen LogP contribution in [0.15, 0.2) is 29.4 Å². The van der Waals surface area contributed by atoms with Gasteiger partial charge < -0.3 is 9.09 Å². The van der Waals surface area contributed by atoms with Crippen LogP contribution in [0.4, 0.5) is 0 Å². The van der Waals surface area contributed by atoms with Crippen LogP contribution in [-0.4, -0.2) is 36.1 Å². The zero-order valence-electron chi connectivity index (χ0n) is 14.8. The molecule has 3 aromatic heterocycles. The zero-order chi connectivity index (χ0) is 17.4. The number of rotatable bonds is 4. The van der Waals surface area contributed by atoms with Gasteiger partial charge in [-0.2, -0.15) is 0 Å². The Morgan fingerprint density at radius 2 is 2.16 bits per heavy atom. The van der Waals surface area contributed by atoms with Crippen molar-refractivity contribution in [3.63, 3.8) is 0 Å². The molecule has 0 spiro atoms. The lowest BCUT2D eigenvalue weighted by Gasteiger charge is -2.23. The van der Waals surface area contributed by atoms with Gasteiger partial charge in [-0.05, 0) is 33.2 Å². The van der Waals surface area contributed by atoms with Crippen LogP contribution >= 0.6 is 0 Å². The molecule has 1 aliphatic rings. The van der Waals surface area contributed by atoms with E-state index >= 15 is 0 Å². The third kappa shape index (κ3) is 3.07. The smallest absolute Gasteiger partial charge is 0.143 e. The van der Waals surface area contributed by atoms with Crippen LogP contribution in [0.5, 0.6) is 0 Å². The fraction of sp³-hybridized carbons (Fsp3) is 0.444. The van der Waals surface area contributed by atoms with Crippen LogP contribution in [0.2, 0.25) is 0 Å². The first-order valence-corrected chi connectivity index (χ1v) is 8.58. The van der Waals surface area contributed by atoms with Crippen LogP contribution in [0, 0.1) is 13.8 Å². The molecule has 1 saturated heterocycles. The molecule has 7 nitrogen and oxygen atoms in total. The summed E-state index contributed by atoms with van der Waals surface area (Å²) in [5.41, 5.74) is 4.72.